The quantitative estimate of drug-likeness (QED) is 0.609. The van der Waals surface area contributed by atoms with Gasteiger partial charge in [-0.3, -0.25) is 0 Å². The zero-order valence-electron chi connectivity index (χ0n) is 9.46. The highest BCUT2D eigenvalue weighted by Crippen LogP contribution is 2.42. The molecule has 1 unspecified atom stereocenters. The van der Waals surface area contributed by atoms with Gasteiger partial charge in [0.1, 0.15) is 11.0 Å². The molecule has 3 nitrogen and oxygen atoms in total. The van der Waals surface area contributed by atoms with Gasteiger partial charge >= 0.3 is 0 Å². The molecule has 0 N–H and O–H groups in total. The van der Waals surface area contributed by atoms with Crippen LogP contribution in [0.1, 0.15) is 43.1 Å². The van der Waals surface area contributed by atoms with Gasteiger partial charge in [-0.15, -0.1) is 0 Å². The van der Waals surface area contributed by atoms with Crippen LogP contribution < -0.4 is 0 Å². The molecule has 2 aliphatic rings. The number of hydrogen-bond acceptors (Lipinski definition) is 3. The lowest BCUT2D eigenvalue weighted by molar-refractivity contribution is 0.110. The molecule has 5 heteroatoms. The molecule has 3 rings (SSSR count). The van der Waals surface area contributed by atoms with E-state index in [-0.39, 0.29) is 6.10 Å². The molecule has 1 atom stereocenters. The van der Waals surface area contributed by atoms with Gasteiger partial charge in [-0.2, -0.15) is 0 Å². The fourth-order valence-electron chi connectivity index (χ4n) is 2.21. The van der Waals surface area contributed by atoms with Crippen molar-refractivity contribution in [2.75, 3.05) is 6.61 Å². The molecule has 2 heterocycles. The smallest absolute Gasteiger partial charge is 0.146 e. The fraction of sp³-hybridized carbons (Fsp3) is 0.667. The third-order valence-corrected chi connectivity index (χ3v) is 4.94. The van der Waals surface area contributed by atoms with Crippen molar-refractivity contribution in [3.05, 3.63) is 20.2 Å². The molecule has 17 heavy (non-hydrogen) atoms. The summed E-state index contributed by atoms with van der Waals surface area (Å²) in [4.78, 5) is 9.05. The van der Waals surface area contributed by atoms with Gasteiger partial charge in [-0.25, -0.2) is 9.97 Å². The van der Waals surface area contributed by atoms with Crippen molar-refractivity contribution in [1.29, 1.82) is 0 Å². The molecular weight excluding hydrogens is 351 g/mol. The van der Waals surface area contributed by atoms with E-state index >= 15 is 0 Å². The molecule has 0 radical (unpaired) electrons. The second-order valence-corrected chi connectivity index (χ2v) is 6.18. The van der Waals surface area contributed by atoms with Gasteiger partial charge in [-0.05, 0) is 48.3 Å². The van der Waals surface area contributed by atoms with Crippen molar-refractivity contribution in [2.24, 2.45) is 0 Å². The third-order valence-electron chi connectivity index (χ3n) is 3.28. The Kier molecular flexibility index (Phi) is 3.54. The van der Waals surface area contributed by atoms with Crippen molar-refractivity contribution >= 4 is 34.2 Å². The van der Waals surface area contributed by atoms with Gasteiger partial charge < -0.3 is 4.74 Å². The van der Waals surface area contributed by atoms with Crippen LogP contribution in [-0.2, 0) is 11.2 Å². The molecule has 92 valence electrons. The van der Waals surface area contributed by atoms with E-state index in [2.05, 4.69) is 32.6 Å². The van der Waals surface area contributed by atoms with Gasteiger partial charge in [-0.1, -0.05) is 11.6 Å². The first-order valence-electron chi connectivity index (χ1n) is 6.07. The highest BCUT2D eigenvalue weighted by atomic mass is 127. The Labute approximate surface area is 119 Å². The normalized spacial score (nSPS) is 24.2. The molecule has 1 aromatic heterocycles. The standard InChI is InChI=1S/C12H14ClIN2O/c13-12-10(14)11(7-3-4-7)15-9(16-12)6-8-2-1-5-17-8/h7-8H,1-6H2. The maximum absolute atomic E-state index is 6.18. The highest BCUT2D eigenvalue weighted by Gasteiger charge is 2.29. The molecule has 0 spiro atoms. The third kappa shape index (κ3) is 2.74. The second kappa shape index (κ2) is 4.97. The van der Waals surface area contributed by atoms with Crippen LogP contribution in [0.25, 0.3) is 0 Å². The molecule has 0 amide bonds. The number of rotatable bonds is 3. The summed E-state index contributed by atoms with van der Waals surface area (Å²) in [6.45, 7) is 0.873. The van der Waals surface area contributed by atoms with Gasteiger partial charge in [0.05, 0.1) is 15.4 Å². The first kappa shape index (κ1) is 12.1. The topological polar surface area (TPSA) is 35.0 Å². The van der Waals surface area contributed by atoms with E-state index < -0.39 is 0 Å². The zero-order chi connectivity index (χ0) is 11.8. The molecular formula is C12H14ClIN2O. The Hall–Kier alpha value is 0.0600. The SMILES string of the molecule is Clc1nc(CC2CCCO2)nc(C2CC2)c1I. The largest absolute Gasteiger partial charge is 0.378 e. The number of nitrogens with zero attached hydrogens (tertiary/aromatic N) is 2. The van der Waals surface area contributed by atoms with Gasteiger partial charge in [0.15, 0.2) is 0 Å². The lowest BCUT2D eigenvalue weighted by atomic mass is 10.1. The minimum absolute atomic E-state index is 0.290. The van der Waals surface area contributed by atoms with Gasteiger partial charge in [0, 0.05) is 18.9 Å². The number of ether oxygens (including phenoxy) is 1. The Bertz CT molecular complexity index is 431. The van der Waals surface area contributed by atoms with Crippen LogP contribution in [0.4, 0.5) is 0 Å². The Balaban J connectivity index is 1.83. The van der Waals surface area contributed by atoms with Crippen LogP contribution in [0.5, 0.6) is 0 Å². The summed E-state index contributed by atoms with van der Waals surface area (Å²) in [5, 5.41) is 0.607. The maximum atomic E-state index is 6.18. The zero-order valence-corrected chi connectivity index (χ0v) is 12.4. The molecule has 1 saturated heterocycles. The highest BCUT2D eigenvalue weighted by molar-refractivity contribution is 14.1. The van der Waals surface area contributed by atoms with Gasteiger partial charge in [0.25, 0.3) is 0 Å². The number of hydrogen-bond donors (Lipinski definition) is 0. The molecule has 2 fully saturated rings. The van der Waals surface area contributed by atoms with Crippen molar-refractivity contribution in [3.8, 4) is 0 Å². The monoisotopic (exact) mass is 364 g/mol. The first-order valence-corrected chi connectivity index (χ1v) is 7.53. The maximum Gasteiger partial charge on any atom is 0.146 e. The van der Waals surface area contributed by atoms with E-state index in [1.165, 1.54) is 12.8 Å². The van der Waals surface area contributed by atoms with Crippen LogP contribution in [0.2, 0.25) is 5.15 Å². The molecule has 1 aliphatic carbocycles. The van der Waals surface area contributed by atoms with Crippen LogP contribution in [0.3, 0.4) is 0 Å². The van der Waals surface area contributed by atoms with Crippen molar-refractivity contribution in [3.63, 3.8) is 0 Å². The van der Waals surface area contributed by atoms with Crippen LogP contribution in [-0.4, -0.2) is 22.7 Å². The first-order chi connectivity index (χ1) is 8.24. The summed E-state index contributed by atoms with van der Waals surface area (Å²) < 4.78 is 6.65. The molecule has 0 bridgehead atoms. The number of halogens is 2. The van der Waals surface area contributed by atoms with Gasteiger partial charge in [0.2, 0.25) is 0 Å². The predicted molar refractivity (Wildman–Crippen MR) is 74.4 cm³/mol. The lowest BCUT2D eigenvalue weighted by Gasteiger charge is -2.11. The fourth-order valence-corrected chi connectivity index (χ4v) is 3.08. The summed E-state index contributed by atoms with van der Waals surface area (Å²) >= 11 is 8.43. The van der Waals surface area contributed by atoms with E-state index in [1.54, 1.807) is 0 Å². The van der Waals surface area contributed by atoms with E-state index in [0.29, 0.717) is 11.1 Å². The summed E-state index contributed by atoms with van der Waals surface area (Å²) in [7, 11) is 0. The number of aromatic nitrogens is 2. The van der Waals surface area contributed by atoms with Crippen LogP contribution >= 0.6 is 34.2 Å². The van der Waals surface area contributed by atoms with E-state index in [1.807, 2.05) is 0 Å². The van der Waals surface area contributed by atoms with E-state index in [0.717, 1.165) is 41.0 Å². The van der Waals surface area contributed by atoms with E-state index in [9.17, 15) is 0 Å². The van der Waals surface area contributed by atoms with Crippen LogP contribution in [0, 0.1) is 3.57 Å². The Morgan fingerprint density at radius 3 is 2.76 bits per heavy atom. The van der Waals surface area contributed by atoms with Crippen molar-refractivity contribution in [1.82, 2.24) is 9.97 Å². The minimum atomic E-state index is 0.290. The van der Waals surface area contributed by atoms with Crippen molar-refractivity contribution in [2.45, 2.75) is 44.1 Å². The minimum Gasteiger partial charge on any atom is -0.378 e. The molecule has 1 saturated carbocycles. The molecule has 1 aromatic rings. The second-order valence-electron chi connectivity index (χ2n) is 4.74. The summed E-state index contributed by atoms with van der Waals surface area (Å²) in [5.41, 5.74) is 1.15. The summed E-state index contributed by atoms with van der Waals surface area (Å²) in [6, 6.07) is 0. The lowest BCUT2D eigenvalue weighted by Crippen LogP contribution is -2.13. The molecule has 1 aliphatic heterocycles. The Morgan fingerprint density at radius 1 is 1.29 bits per heavy atom. The summed E-state index contributed by atoms with van der Waals surface area (Å²) in [5.74, 6) is 1.47. The average Bonchev–Trinajstić information content (AvgIpc) is 3.02. The predicted octanol–water partition coefficient (Wildman–Crippen LogP) is 3.33. The van der Waals surface area contributed by atoms with E-state index in [4.69, 9.17) is 16.3 Å². The van der Waals surface area contributed by atoms with Crippen LogP contribution in [0.15, 0.2) is 0 Å². The average molecular weight is 365 g/mol. The van der Waals surface area contributed by atoms with Crippen molar-refractivity contribution < 1.29 is 4.74 Å². The molecule has 0 aromatic carbocycles. The summed E-state index contributed by atoms with van der Waals surface area (Å²) in [6.07, 6.45) is 5.84. The Morgan fingerprint density at radius 2 is 2.12 bits per heavy atom.